The lowest BCUT2D eigenvalue weighted by molar-refractivity contribution is 0.717. The lowest BCUT2D eigenvalue weighted by Gasteiger charge is -2.13. The molecule has 0 heteroatoms. The standard InChI is InChI=1S/C22H26/c1-2-3-4-7-16-10-11-17-12-13-20-19-9-6-5-8-18(19)15-22(20)21(17)14-16/h8,10-12,14H,2-7,9,13,15H2,1H3. The molecule has 0 saturated heterocycles. The third-order valence-corrected chi connectivity index (χ3v) is 5.54. The number of rotatable bonds is 4. The topological polar surface area (TPSA) is 0 Å². The molecule has 3 aliphatic rings. The van der Waals surface area contributed by atoms with Crippen molar-refractivity contribution in [2.24, 2.45) is 0 Å². The summed E-state index contributed by atoms with van der Waals surface area (Å²) in [6.07, 6.45) is 16.5. The molecule has 1 aromatic carbocycles. The molecule has 0 spiro atoms. The predicted octanol–water partition coefficient (Wildman–Crippen LogP) is 4.56. The molecule has 0 heterocycles. The zero-order valence-corrected chi connectivity index (χ0v) is 13.8. The second kappa shape index (κ2) is 5.91. The zero-order chi connectivity index (χ0) is 14.9. The van der Waals surface area contributed by atoms with Gasteiger partial charge in [-0.25, -0.2) is 0 Å². The summed E-state index contributed by atoms with van der Waals surface area (Å²) in [6.45, 7) is 2.28. The first-order chi connectivity index (χ1) is 10.9. The van der Waals surface area contributed by atoms with Crippen molar-refractivity contribution in [3.05, 3.63) is 57.0 Å². The van der Waals surface area contributed by atoms with Crippen molar-refractivity contribution >= 4 is 11.6 Å². The molecule has 22 heavy (non-hydrogen) atoms. The van der Waals surface area contributed by atoms with Crippen LogP contribution in [0.3, 0.4) is 0 Å². The van der Waals surface area contributed by atoms with Gasteiger partial charge in [-0.1, -0.05) is 50.1 Å². The maximum absolute atomic E-state index is 2.50. The van der Waals surface area contributed by atoms with Crippen LogP contribution in [-0.4, -0.2) is 0 Å². The van der Waals surface area contributed by atoms with E-state index in [9.17, 15) is 0 Å². The molecule has 0 aliphatic heterocycles. The number of fused-ring (bicyclic) bond motifs is 3. The van der Waals surface area contributed by atoms with Crippen molar-refractivity contribution in [2.45, 2.75) is 64.7 Å². The fourth-order valence-corrected chi connectivity index (χ4v) is 4.34. The number of aryl methyl sites for hydroxylation is 1. The average molecular weight is 290 g/mol. The summed E-state index contributed by atoms with van der Waals surface area (Å²) in [5.41, 5.74) is 8.19. The van der Waals surface area contributed by atoms with Crippen molar-refractivity contribution in [3.63, 3.8) is 0 Å². The molecule has 0 saturated carbocycles. The minimum Gasteiger partial charge on any atom is -0.0807 e. The molecular formula is C22H26. The third-order valence-electron chi connectivity index (χ3n) is 5.54. The molecule has 3 aliphatic carbocycles. The van der Waals surface area contributed by atoms with E-state index >= 15 is 0 Å². The quantitative estimate of drug-likeness (QED) is 0.713. The van der Waals surface area contributed by atoms with E-state index < -0.39 is 0 Å². The van der Waals surface area contributed by atoms with Gasteiger partial charge in [0.1, 0.15) is 0 Å². The zero-order valence-electron chi connectivity index (χ0n) is 13.8. The van der Waals surface area contributed by atoms with E-state index in [4.69, 9.17) is 0 Å². The van der Waals surface area contributed by atoms with Crippen LogP contribution in [0.15, 0.2) is 41.0 Å². The van der Waals surface area contributed by atoms with Gasteiger partial charge in [-0.15, -0.1) is 0 Å². The first-order valence-corrected chi connectivity index (χ1v) is 9.11. The van der Waals surface area contributed by atoms with Crippen LogP contribution in [0.1, 0.15) is 63.9 Å². The van der Waals surface area contributed by atoms with Crippen molar-refractivity contribution < 1.29 is 0 Å². The lowest BCUT2D eigenvalue weighted by atomic mass is 9.91. The molecule has 0 unspecified atom stereocenters. The van der Waals surface area contributed by atoms with E-state index in [1.54, 1.807) is 22.3 Å². The van der Waals surface area contributed by atoms with E-state index in [-0.39, 0.29) is 0 Å². The maximum atomic E-state index is 2.50. The van der Waals surface area contributed by atoms with Crippen molar-refractivity contribution in [1.82, 2.24) is 0 Å². The van der Waals surface area contributed by atoms with Gasteiger partial charge in [0.05, 0.1) is 0 Å². The van der Waals surface area contributed by atoms with Gasteiger partial charge in [0.15, 0.2) is 0 Å². The minimum atomic E-state index is 1.16. The van der Waals surface area contributed by atoms with Gasteiger partial charge in [0.2, 0.25) is 0 Å². The fourth-order valence-electron chi connectivity index (χ4n) is 4.34. The minimum absolute atomic E-state index is 1.16. The van der Waals surface area contributed by atoms with Gasteiger partial charge < -0.3 is 0 Å². The Morgan fingerprint density at radius 3 is 2.86 bits per heavy atom. The Hall–Kier alpha value is -1.56. The molecule has 0 N–H and O–H groups in total. The monoisotopic (exact) mass is 290 g/mol. The van der Waals surface area contributed by atoms with Crippen molar-refractivity contribution in [1.29, 1.82) is 0 Å². The predicted molar refractivity (Wildman–Crippen MR) is 95.0 cm³/mol. The molecule has 1 aromatic rings. The number of benzene rings is 1. The lowest BCUT2D eigenvalue weighted by Crippen LogP contribution is -2.30. The molecule has 114 valence electrons. The van der Waals surface area contributed by atoms with Crippen LogP contribution in [0, 0.1) is 0 Å². The molecule has 0 aromatic heterocycles. The van der Waals surface area contributed by atoms with Gasteiger partial charge in [0, 0.05) is 0 Å². The Balaban J connectivity index is 1.78. The maximum Gasteiger partial charge on any atom is -0.00170 e. The van der Waals surface area contributed by atoms with Crippen molar-refractivity contribution in [3.8, 4) is 0 Å². The van der Waals surface area contributed by atoms with Gasteiger partial charge in [-0.05, 0) is 83.2 Å². The molecular weight excluding hydrogens is 264 g/mol. The second-order valence-corrected chi connectivity index (χ2v) is 7.02. The summed E-state index contributed by atoms with van der Waals surface area (Å²) >= 11 is 0. The van der Waals surface area contributed by atoms with Crippen molar-refractivity contribution in [2.75, 3.05) is 0 Å². The number of unbranched alkanes of at least 4 members (excludes halogenated alkanes) is 2. The first-order valence-electron chi connectivity index (χ1n) is 9.11. The van der Waals surface area contributed by atoms with E-state index in [1.807, 2.05) is 0 Å². The van der Waals surface area contributed by atoms with Crippen LogP contribution in [0.4, 0.5) is 0 Å². The highest BCUT2D eigenvalue weighted by Gasteiger charge is 2.26. The molecule has 0 radical (unpaired) electrons. The molecule has 0 fully saturated rings. The first kappa shape index (κ1) is 14.1. The Kier molecular flexibility index (Phi) is 3.78. The van der Waals surface area contributed by atoms with Gasteiger partial charge in [0.25, 0.3) is 0 Å². The van der Waals surface area contributed by atoms with Crippen LogP contribution in [-0.2, 0) is 6.42 Å². The SMILES string of the molecule is CCCCCc1ccc2c(c1)=C1CC3=CCCCC3=C1CC=2. The Bertz CT molecular complexity index is 771. The van der Waals surface area contributed by atoms with Crippen LogP contribution in [0.5, 0.6) is 0 Å². The molecule has 0 nitrogen and oxygen atoms in total. The van der Waals surface area contributed by atoms with Gasteiger partial charge in [-0.2, -0.15) is 0 Å². The summed E-state index contributed by atoms with van der Waals surface area (Å²) in [4.78, 5) is 0. The van der Waals surface area contributed by atoms with Crippen LogP contribution < -0.4 is 10.4 Å². The average Bonchev–Trinajstić information content (AvgIpc) is 2.94. The van der Waals surface area contributed by atoms with E-state index in [2.05, 4.69) is 37.3 Å². The Morgan fingerprint density at radius 1 is 1.00 bits per heavy atom. The third kappa shape index (κ3) is 2.39. The smallest absolute Gasteiger partial charge is 0.00170 e. The van der Waals surface area contributed by atoms with Gasteiger partial charge in [-0.3, -0.25) is 0 Å². The number of hydrogen-bond donors (Lipinski definition) is 0. The highest BCUT2D eigenvalue weighted by molar-refractivity contribution is 5.80. The van der Waals surface area contributed by atoms with Gasteiger partial charge >= 0.3 is 0 Å². The number of hydrogen-bond acceptors (Lipinski definition) is 0. The van der Waals surface area contributed by atoms with Crippen LogP contribution >= 0.6 is 0 Å². The normalized spacial score (nSPS) is 19.3. The molecule has 0 bridgehead atoms. The summed E-state index contributed by atoms with van der Waals surface area (Å²) in [5, 5.41) is 3.01. The molecule has 0 amide bonds. The molecule has 0 atom stereocenters. The highest BCUT2D eigenvalue weighted by atomic mass is 14.3. The van der Waals surface area contributed by atoms with E-state index in [0.29, 0.717) is 0 Å². The molecule has 4 rings (SSSR count). The van der Waals surface area contributed by atoms with E-state index in [0.717, 1.165) is 6.42 Å². The summed E-state index contributed by atoms with van der Waals surface area (Å²) in [7, 11) is 0. The summed E-state index contributed by atoms with van der Waals surface area (Å²) < 4.78 is 0. The number of allylic oxidation sites excluding steroid dienone is 4. The highest BCUT2D eigenvalue weighted by Crippen LogP contribution is 2.43. The van der Waals surface area contributed by atoms with Crippen LogP contribution in [0.25, 0.3) is 11.6 Å². The largest absolute Gasteiger partial charge is 0.0807 e. The Morgan fingerprint density at radius 2 is 1.95 bits per heavy atom. The van der Waals surface area contributed by atoms with E-state index in [1.165, 1.54) is 67.4 Å². The fraction of sp³-hybridized carbons (Fsp3) is 0.455. The van der Waals surface area contributed by atoms with Crippen LogP contribution in [0.2, 0.25) is 0 Å². The Labute approximate surface area is 133 Å². The second-order valence-electron chi connectivity index (χ2n) is 7.02. The summed E-state index contributed by atoms with van der Waals surface area (Å²) in [5.74, 6) is 0. The summed E-state index contributed by atoms with van der Waals surface area (Å²) in [6, 6.07) is 7.21.